The fourth-order valence-corrected chi connectivity index (χ4v) is 4.81. The third-order valence-corrected chi connectivity index (χ3v) is 6.11. The lowest BCUT2D eigenvalue weighted by Gasteiger charge is -2.18. The van der Waals surface area contributed by atoms with Crippen LogP contribution in [0.2, 0.25) is 0 Å². The minimum atomic E-state index is -0.613. The Morgan fingerprint density at radius 1 is 1.31 bits per heavy atom. The first-order valence-corrected chi connectivity index (χ1v) is 10.3. The number of thiophene rings is 1. The van der Waals surface area contributed by atoms with Gasteiger partial charge in [-0.05, 0) is 54.9 Å². The molecule has 0 fully saturated rings. The average molecular weight is 413 g/mol. The number of hydrogen-bond acceptors (Lipinski definition) is 5. The third-order valence-electron chi connectivity index (χ3n) is 4.94. The Morgan fingerprint density at radius 2 is 2.07 bits per heavy atom. The molecule has 0 saturated carbocycles. The van der Waals surface area contributed by atoms with Gasteiger partial charge in [-0.25, -0.2) is 4.79 Å². The van der Waals surface area contributed by atoms with Crippen LogP contribution in [-0.4, -0.2) is 24.4 Å². The summed E-state index contributed by atoms with van der Waals surface area (Å²) in [5, 5.41) is 3.12. The van der Waals surface area contributed by atoms with Crippen LogP contribution in [0, 0.1) is 12.8 Å². The Morgan fingerprint density at radius 3 is 2.79 bits per heavy atom. The molecule has 152 valence electrons. The van der Waals surface area contributed by atoms with Gasteiger partial charge >= 0.3 is 5.97 Å². The number of nitrogens with two attached hydrogens (primary N) is 1. The molecule has 2 aromatic rings. The summed E-state index contributed by atoms with van der Waals surface area (Å²) in [6, 6.07) is 7.62. The Bertz CT molecular complexity index is 977. The van der Waals surface area contributed by atoms with E-state index in [9.17, 15) is 14.4 Å². The molecule has 0 bridgehead atoms. The zero-order chi connectivity index (χ0) is 21.0. The molecule has 0 radical (unpaired) electrons. The maximum absolute atomic E-state index is 12.2. The first kappa shape index (κ1) is 20.8. The van der Waals surface area contributed by atoms with Gasteiger partial charge in [0.15, 0.2) is 6.61 Å². The summed E-state index contributed by atoms with van der Waals surface area (Å²) in [5.41, 5.74) is 8.80. The molecular weight excluding hydrogens is 388 g/mol. The number of nitrogens with one attached hydrogen (secondary N) is 1. The molecule has 6 nitrogen and oxygen atoms in total. The number of anilines is 1. The quantitative estimate of drug-likeness (QED) is 0.561. The number of benzene rings is 1. The van der Waals surface area contributed by atoms with Crippen LogP contribution in [0.4, 0.5) is 5.00 Å². The third kappa shape index (κ3) is 5.12. The van der Waals surface area contributed by atoms with Gasteiger partial charge in [0.05, 0.1) is 5.56 Å². The number of rotatable bonds is 6. The summed E-state index contributed by atoms with van der Waals surface area (Å²) in [6.45, 7) is 3.67. The highest BCUT2D eigenvalue weighted by Gasteiger charge is 2.27. The van der Waals surface area contributed by atoms with Crippen molar-refractivity contribution in [3.8, 4) is 0 Å². The standard InChI is InChI=1S/C22H24N2O4S/c1-13-7-9-16-17(11-13)29-22(20(16)21(23)27)24-18(25)12-28-19(26)10-8-15-6-4-3-5-14(15)2/h3-6,8,10,13H,7,9,11-12H2,1-2H3,(H2,23,27)(H,24,25)/b10-8+/t13-/m1/s1. The second-order valence-corrected chi connectivity index (χ2v) is 8.37. The highest BCUT2D eigenvalue weighted by molar-refractivity contribution is 7.17. The highest BCUT2D eigenvalue weighted by atomic mass is 32.1. The van der Waals surface area contributed by atoms with Crippen molar-refractivity contribution in [1.82, 2.24) is 0 Å². The number of esters is 1. The van der Waals surface area contributed by atoms with Gasteiger partial charge in [-0.2, -0.15) is 0 Å². The molecule has 3 N–H and O–H groups in total. The Labute approximate surface area is 173 Å². The number of ether oxygens (including phenoxy) is 1. The second kappa shape index (κ2) is 9.05. The normalized spacial score (nSPS) is 15.7. The van der Waals surface area contributed by atoms with Crippen molar-refractivity contribution in [2.24, 2.45) is 11.7 Å². The van der Waals surface area contributed by atoms with E-state index in [1.165, 1.54) is 17.4 Å². The lowest BCUT2D eigenvalue weighted by atomic mass is 9.88. The molecule has 1 aromatic heterocycles. The van der Waals surface area contributed by atoms with Crippen molar-refractivity contribution in [1.29, 1.82) is 0 Å². The van der Waals surface area contributed by atoms with E-state index in [1.807, 2.05) is 31.2 Å². The molecule has 1 heterocycles. The lowest BCUT2D eigenvalue weighted by Crippen LogP contribution is -2.22. The molecule has 2 amide bonds. The fourth-order valence-electron chi connectivity index (χ4n) is 3.38. The van der Waals surface area contributed by atoms with Crippen LogP contribution in [0.25, 0.3) is 6.08 Å². The number of aryl methyl sites for hydroxylation is 1. The van der Waals surface area contributed by atoms with E-state index in [0.29, 0.717) is 16.5 Å². The number of primary amides is 1. The number of hydrogen-bond donors (Lipinski definition) is 2. The SMILES string of the molecule is Cc1ccccc1/C=C/C(=O)OCC(=O)Nc1sc2c(c1C(N)=O)CC[C@@H](C)C2. The van der Waals surface area contributed by atoms with Gasteiger partial charge in [0.2, 0.25) is 0 Å². The van der Waals surface area contributed by atoms with Crippen molar-refractivity contribution in [2.75, 3.05) is 11.9 Å². The monoisotopic (exact) mass is 412 g/mol. The van der Waals surface area contributed by atoms with Gasteiger partial charge in [-0.3, -0.25) is 9.59 Å². The van der Waals surface area contributed by atoms with Gasteiger partial charge in [0, 0.05) is 11.0 Å². The lowest BCUT2D eigenvalue weighted by molar-refractivity contribution is -0.142. The van der Waals surface area contributed by atoms with Gasteiger partial charge in [0.25, 0.3) is 11.8 Å². The number of amides is 2. The maximum atomic E-state index is 12.2. The highest BCUT2D eigenvalue weighted by Crippen LogP contribution is 2.39. The summed E-state index contributed by atoms with van der Waals surface area (Å²) in [7, 11) is 0. The molecular formula is C22H24N2O4S. The van der Waals surface area contributed by atoms with Gasteiger partial charge < -0.3 is 15.8 Å². The van der Waals surface area contributed by atoms with E-state index in [2.05, 4.69) is 12.2 Å². The summed E-state index contributed by atoms with van der Waals surface area (Å²) in [4.78, 5) is 37.1. The van der Waals surface area contributed by atoms with Crippen LogP contribution in [0.5, 0.6) is 0 Å². The van der Waals surface area contributed by atoms with E-state index < -0.39 is 24.4 Å². The minimum Gasteiger partial charge on any atom is -0.452 e. The van der Waals surface area contributed by atoms with E-state index in [4.69, 9.17) is 10.5 Å². The van der Waals surface area contributed by atoms with Crippen LogP contribution in [0.1, 0.15) is 45.3 Å². The first-order chi connectivity index (χ1) is 13.8. The van der Waals surface area contributed by atoms with Crippen LogP contribution in [0.3, 0.4) is 0 Å². The molecule has 1 aromatic carbocycles. The molecule has 29 heavy (non-hydrogen) atoms. The van der Waals surface area contributed by atoms with E-state index >= 15 is 0 Å². The molecule has 0 unspecified atom stereocenters. The topological polar surface area (TPSA) is 98.5 Å². The van der Waals surface area contributed by atoms with Crippen molar-refractivity contribution in [3.05, 3.63) is 57.5 Å². The van der Waals surface area contributed by atoms with Gasteiger partial charge in [0.1, 0.15) is 5.00 Å². The van der Waals surface area contributed by atoms with E-state index in [-0.39, 0.29) is 0 Å². The maximum Gasteiger partial charge on any atom is 0.331 e. The number of carbonyl (C=O) groups excluding carboxylic acids is 3. The van der Waals surface area contributed by atoms with Crippen LogP contribution in [0.15, 0.2) is 30.3 Å². The molecule has 3 rings (SSSR count). The zero-order valence-electron chi connectivity index (χ0n) is 16.5. The Hall–Kier alpha value is -2.93. The van der Waals surface area contributed by atoms with Crippen LogP contribution < -0.4 is 11.1 Å². The van der Waals surface area contributed by atoms with Crippen molar-refractivity contribution in [2.45, 2.75) is 33.1 Å². The Kier molecular flexibility index (Phi) is 6.49. The molecule has 1 aliphatic carbocycles. The van der Waals surface area contributed by atoms with Crippen LogP contribution in [-0.2, 0) is 27.2 Å². The summed E-state index contributed by atoms with van der Waals surface area (Å²) in [6.07, 6.45) is 5.57. The fraction of sp³-hybridized carbons (Fsp3) is 0.318. The van der Waals surface area contributed by atoms with Crippen molar-refractivity contribution in [3.63, 3.8) is 0 Å². The predicted molar refractivity (Wildman–Crippen MR) is 114 cm³/mol. The largest absolute Gasteiger partial charge is 0.452 e. The van der Waals surface area contributed by atoms with E-state index in [0.717, 1.165) is 40.8 Å². The Balaban J connectivity index is 1.60. The van der Waals surface area contributed by atoms with E-state index in [1.54, 1.807) is 6.08 Å². The van der Waals surface area contributed by atoms with Gasteiger partial charge in [-0.15, -0.1) is 11.3 Å². The molecule has 7 heteroatoms. The number of carbonyl (C=O) groups is 3. The average Bonchev–Trinajstić information content (AvgIpc) is 3.02. The predicted octanol–water partition coefficient (Wildman–Crippen LogP) is 3.48. The van der Waals surface area contributed by atoms with Crippen molar-refractivity contribution >= 4 is 40.2 Å². The zero-order valence-corrected chi connectivity index (χ0v) is 17.3. The summed E-state index contributed by atoms with van der Waals surface area (Å²) in [5.74, 6) is -1.13. The number of fused-ring (bicyclic) bond motifs is 1. The molecule has 0 spiro atoms. The minimum absolute atomic E-state index is 0.385. The molecule has 0 aliphatic heterocycles. The summed E-state index contributed by atoms with van der Waals surface area (Å²) < 4.78 is 5.01. The molecule has 1 atom stereocenters. The van der Waals surface area contributed by atoms with Gasteiger partial charge in [-0.1, -0.05) is 31.2 Å². The van der Waals surface area contributed by atoms with Crippen LogP contribution >= 0.6 is 11.3 Å². The molecule has 1 aliphatic rings. The first-order valence-electron chi connectivity index (χ1n) is 9.49. The van der Waals surface area contributed by atoms with Crippen molar-refractivity contribution < 1.29 is 19.1 Å². The molecule has 0 saturated heterocycles. The second-order valence-electron chi connectivity index (χ2n) is 7.27. The smallest absolute Gasteiger partial charge is 0.331 e. The summed E-state index contributed by atoms with van der Waals surface area (Å²) >= 11 is 1.38.